The predicted molar refractivity (Wildman–Crippen MR) is 100 cm³/mol. The van der Waals surface area contributed by atoms with Gasteiger partial charge in [-0.3, -0.25) is 4.79 Å². The normalized spacial score (nSPS) is 14.8. The molecule has 3 aromatic rings. The number of fused-ring (bicyclic) bond motifs is 1. The fourth-order valence-electron chi connectivity index (χ4n) is 2.67. The molecule has 0 atom stereocenters. The molecule has 0 saturated carbocycles. The van der Waals surface area contributed by atoms with Crippen molar-refractivity contribution < 1.29 is 13.9 Å². The SMILES string of the molecule is COc1ccc(-c2ccc(/C=C3\Sc4ccccc4C3=O)o2)cc1Cl. The van der Waals surface area contributed by atoms with E-state index in [1.807, 2.05) is 42.5 Å². The van der Waals surface area contributed by atoms with Gasteiger partial charge in [-0.25, -0.2) is 0 Å². The van der Waals surface area contributed by atoms with Gasteiger partial charge in [0, 0.05) is 16.0 Å². The summed E-state index contributed by atoms with van der Waals surface area (Å²) >= 11 is 7.63. The van der Waals surface area contributed by atoms with Crippen LogP contribution in [0.3, 0.4) is 0 Å². The summed E-state index contributed by atoms with van der Waals surface area (Å²) in [7, 11) is 1.58. The van der Waals surface area contributed by atoms with E-state index in [0.717, 1.165) is 16.0 Å². The van der Waals surface area contributed by atoms with Gasteiger partial charge in [0.05, 0.1) is 17.0 Å². The fourth-order valence-corrected chi connectivity index (χ4v) is 3.96. The molecule has 1 aromatic heterocycles. The molecule has 0 bridgehead atoms. The second-order valence-corrected chi connectivity index (χ2v) is 6.98. The minimum Gasteiger partial charge on any atom is -0.495 e. The second kappa shape index (κ2) is 6.47. The highest BCUT2D eigenvalue weighted by Crippen LogP contribution is 2.41. The molecular weight excluding hydrogens is 356 g/mol. The van der Waals surface area contributed by atoms with Crippen molar-refractivity contribution in [1.29, 1.82) is 0 Å². The summed E-state index contributed by atoms with van der Waals surface area (Å²) in [5.74, 6) is 1.96. The maximum Gasteiger partial charge on any atom is 0.200 e. The average Bonchev–Trinajstić information content (AvgIpc) is 3.21. The van der Waals surface area contributed by atoms with Crippen LogP contribution in [-0.2, 0) is 0 Å². The van der Waals surface area contributed by atoms with Crippen LogP contribution in [0.25, 0.3) is 17.4 Å². The molecule has 0 unspecified atom stereocenters. The Morgan fingerprint density at radius 3 is 2.72 bits per heavy atom. The molecular formula is C20H13ClO3S. The van der Waals surface area contributed by atoms with Gasteiger partial charge in [0.1, 0.15) is 17.3 Å². The summed E-state index contributed by atoms with van der Waals surface area (Å²) in [4.78, 5) is 14.1. The fraction of sp³-hybridized carbons (Fsp3) is 0.0500. The lowest BCUT2D eigenvalue weighted by molar-refractivity contribution is 0.104. The molecule has 0 spiro atoms. The van der Waals surface area contributed by atoms with Crippen LogP contribution in [0.15, 0.2) is 68.8 Å². The van der Waals surface area contributed by atoms with Crippen LogP contribution in [0.1, 0.15) is 16.1 Å². The number of halogens is 1. The van der Waals surface area contributed by atoms with Gasteiger partial charge in [0.25, 0.3) is 0 Å². The van der Waals surface area contributed by atoms with Crippen LogP contribution in [0.2, 0.25) is 5.02 Å². The van der Waals surface area contributed by atoms with Gasteiger partial charge in [-0.05, 0) is 48.5 Å². The van der Waals surface area contributed by atoms with E-state index in [-0.39, 0.29) is 5.78 Å². The first kappa shape index (κ1) is 16.1. The number of carbonyl (C=O) groups is 1. The first-order valence-corrected chi connectivity index (χ1v) is 8.82. The molecule has 0 radical (unpaired) electrons. The van der Waals surface area contributed by atoms with Gasteiger partial charge < -0.3 is 9.15 Å². The van der Waals surface area contributed by atoms with E-state index in [0.29, 0.717) is 27.2 Å². The summed E-state index contributed by atoms with van der Waals surface area (Å²) in [6.45, 7) is 0. The zero-order chi connectivity index (χ0) is 17.4. The van der Waals surface area contributed by atoms with Crippen LogP contribution in [-0.4, -0.2) is 12.9 Å². The standard InChI is InChI=1S/C20H13ClO3S/c1-23-17-8-6-12(10-15(17)21)16-9-7-13(24-16)11-19-20(22)14-4-2-3-5-18(14)25-19/h2-11H,1H3/b19-11-. The number of rotatable bonds is 3. The number of benzene rings is 2. The monoisotopic (exact) mass is 368 g/mol. The zero-order valence-corrected chi connectivity index (χ0v) is 14.9. The Labute approximate surface area is 154 Å². The highest BCUT2D eigenvalue weighted by molar-refractivity contribution is 8.04. The molecule has 4 rings (SSSR count). The third kappa shape index (κ3) is 2.99. The van der Waals surface area contributed by atoms with Crippen LogP contribution in [0.5, 0.6) is 5.75 Å². The molecule has 2 heterocycles. The van der Waals surface area contributed by atoms with Gasteiger partial charge in [-0.15, -0.1) is 0 Å². The Kier molecular flexibility index (Phi) is 4.15. The lowest BCUT2D eigenvalue weighted by Crippen LogP contribution is -1.93. The Bertz CT molecular complexity index is 1000. The molecule has 0 saturated heterocycles. The molecule has 0 aliphatic carbocycles. The van der Waals surface area contributed by atoms with E-state index < -0.39 is 0 Å². The Balaban J connectivity index is 1.62. The van der Waals surface area contributed by atoms with Crippen LogP contribution >= 0.6 is 23.4 Å². The number of ether oxygens (including phenoxy) is 1. The minimum absolute atomic E-state index is 0.0334. The van der Waals surface area contributed by atoms with E-state index in [1.165, 1.54) is 11.8 Å². The Hall–Kier alpha value is -2.43. The molecule has 2 aromatic carbocycles. The van der Waals surface area contributed by atoms with E-state index in [4.69, 9.17) is 20.8 Å². The van der Waals surface area contributed by atoms with E-state index in [9.17, 15) is 4.79 Å². The van der Waals surface area contributed by atoms with Crippen molar-refractivity contribution in [3.8, 4) is 17.1 Å². The first-order chi connectivity index (χ1) is 12.2. The molecule has 25 heavy (non-hydrogen) atoms. The van der Waals surface area contributed by atoms with Crippen molar-refractivity contribution in [3.05, 3.63) is 75.8 Å². The van der Waals surface area contributed by atoms with Gasteiger partial charge in [0.2, 0.25) is 5.78 Å². The van der Waals surface area contributed by atoms with Gasteiger partial charge in [0.15, 0.2) is 0 Å². The lowest BCUT2D eigenvalue weighted by Gasteiger charge is -2.04. The van der Waals surface area contributed by atoms with Crippen LogP contribution in [0, 0.1) is 0 Å². The third-order valence-electron chi connectivity index (χ3n) is 3.91. The molecule has 0 amide bonds. The maximum atomic E-state index is 12.4. The van der Waals surface area contributed by atoms with E-state index in [1.54, 1.807) is 25.3 Å². The molecule has 5 heteroatoms. The summed E-state index contributed by atoms with van der Waals surface area (Å²) in [6.07, 6.45) is 1.78. The molecule has 124 valence electrons. The number of thioether (sulfide) groups is 1. The second-order valence-electron chi connectivity index (χ2n) is 5.49. The van der Waals surface area contributed by atoms with Crippen molar-refractivity contribution in [1.82, 2.24) is 0 Å². The van der Waals surface area contributed by atoms with Crippen molar-refractivity contribution in [3.63, 3.8) is 0 Å². The molecule has 0 N–H and O–H groups in total. The highest BCUT2D eigenvalue weighted by Gasteiger charge is 2.25. The van der Waals surface area contributed by atoms with E-state index in [2.05, 4.69) is 0 Å². The van der Waals surface area contributed by atoms with Gasteiger partial charge >= 0.3 is 0 Å². The number of methoxy groups -OCH3 is 1. The lowest BCUT2D eigenvalue weighted by atomic mass is 10.1. The topological polar surface area (TPSA) is 39.4 Å². The van der Waals surface area contributed by atoms with Crippen molar-refractivity contribution >= 4 is 35.2 Å². The quantitative estimate of drug-likeness (QED) is 0.536. The van der Waals surface area contributed by atoms with Gasteiger partial charge in [-0.2, -0.15) is 0 Å². The molecule has 3 nitrogen and oxygen atoms in total. The van der Waals surface area contributed by atoms with Crippen molar-refractivity contribution in [2.75, 3.05) is 7.11 Å². The Morgan fingerprint density at radius 1 is 1.12 bits per heavy atom. The van der Waals surface area contributed by atoms with Crippen LogP contribution < -0.4 is 4.74 Å². The Morgan fingerprint density at radius 2 is 1.96 bits per heavy atom. The number of allylic oxidation sites excluding steroid dienone is 1. The predicted octanol–water partition coefficient (Wildman–Crippen LogP) is 5.94. The van der Waals surface area contributed by atoms with Crippen molar-refractivity contribution in [2.24, 2.45) is 0 Å². The van der Waals surface area contributed by atoms with Crippen LogP contribution in [0.4, 0.5) is 0 Å². The minimum atomic E-state index is 0.0334. The summed E-state index contributed by atoms with van der Waals surface area (Å²) in [5.41, 5.74) is 1.59. The first-order valence-electron chi connectivity index (χ1n) is 7.63. The summed E-state index contributed by atoms with van der Waals surface area (Å²) < 4.78 is 11.0. The number of Topliss-reactive ketones (excluding diaryl/α,β-unsaturated/α-hetero) is 1. The maximum absolute atomic E-state index is 12.4. The third-order valence-corrected chi connectivity index (χ3v) is 5.31. The summed E-state index contributed by atoms with van der Waals surface area (Å²) in [5, 5.41) is 0.522. The number of ketones is 1. The number of hydrogen-bond donors (Lipinski definition) is 0. The summed E-state index contributed by atoms with van der Waals surface area (Å²) in [6, 6.07) is 16.8. The number of hydrogen-bond acceptors (Lipinski definition) is 4. The van der Waals surface area contributed by atoms with E-state index >= 15 is 0 Å². The van der Waals surface area contributed by atoms with Gasteiger partial charge in [-0.1, -0.05) is 35.5 Å². The zero-order valence-electron chi connectivity index (χ0n) is 13.3. The largest absolute Gasteiger partial charge is 0.495 e. The van der Waals surface area contributed by atoms with Crippen molar-refractivity contribution in [2.45, 2.75) is 4.90 Å². The molecule has 0 fully saturated rings. The molecule has 1 aliphatic heterocycles. The smallest absolute Gasteiger partial charge is 0.200 e. The number of furan rings is 1. The average molecular weight is 369 g/mol. The molecule has 1 aliphatic rings. The number of carbonyl (C=O) groups excluding carboxylic acids is 1. The highest BCUT2D eigenvalue weighted by atomic mass is 35.5.